The van der Waals surface area contributed by atoms with Gasteiger partial charge in [-0.3, -0.25) is 0 Å². The summed E-state index contributed by atoms with van der Waals surface area (Å²) in [5, 5.41) is 11.7. The van der Waals surface area contributed by atoms with E-state index in [1.54, 1.807) is 111 Å². The van der Waals surface area contributed by atoms with Gasteiger partial charge in [0.1, 0.15) is 0 Å². The van der Waals surface area contributed by atoms with Crippen molar-refractivity contribution < 1.29 is 52.2 Å². The topological polar surface area (TPSA) is 234 Å². The smallest absolute Gasteiger partial charge is 2.00 e. The van der Waals surface area contributed by atoms with Crippen LogP contribution in [0.1, 0.15) is 0 Å². The molecule has 6 aromatic rings. The molecule has 6 rings (SSSR count). The van der Waals surface area contributed by atoms with Crippen LogP contribution >= 0.6 is 37.2 Å². The molecule has 0 unspecified atom stereocenters. The van der Waals surface area contributed by atoms with Gasteiger partial charge in [0.15, 0.2) is 17.8 Å². The van der Waals surface area contributed by atoms with E-state index in [9.17, 15) is 0 Å². The maximum Gasteiger partial charge on any atom is 2.00 e. The molecule has 0 spiro atoms. The van der Waals surface area contributed by atoms with Gasteiger partial charge in [0.25, 0.3) is 0 Å². The summed E-state index contributed by atoms with van der Waals surface area (Å²) in [6.45, 7) is 0. The number of hydrogen-bond donors (Lipinski definition) is 0. The van der Waals surface area contributed by atoms with Gasteiger partial charge in [0.05, 0.1) is 17.8 Å². The number of aromatic nitrogens is 12. The molecule has 6 aromatic heterocycles. The van der Waals surface area contributed by atoms with Crippen molar-refractivity contribution in [1.29, 1.82) is 0 Å². The van der Waals surface area contributed by atoms with E-state index in [-0.39, 0.29) is 39.0 Å². The number of halogens is 3. The first-order valence-electron chi connectivity index (χ1n) is 13.0. The van der Waals surface area contributed by atoms with Gasteiger partial charge in [-0.25, -0.2) is 29.9 Å². The number of nitrogens with zero attached hydrogens (tertiary/aromatic N) is 18. The minimum atomic E-state index is 0. The Hall–Kier alpha value is -3.67. The second kappa shape index (κ2) is 30.2. The van der Waals surface area contributed by atoms with Gasteiger partial charge in [0.2, 0.25) is 0 Å². The van der Waals surface area contributed by atoms with E-state index in [1.165, 1.54) is 19.0 Å². The maximum absolute atomic E-state index is 3.91. The van der Waals surface area contributed by atoms with E-state index in [0.29, 0.717) is 48.9 Å². The molecule has 0 aromatic carbocycles. The molecule has 6 heterocycles. The van der Waals surface area contributed by atoms with Crippen LogP contribution in [0, 0.1) is 0 Å². The zero-order valence-electron chi connectivity index (χ0n) is 25.7. The quantitative estimate of drug-likeness (QED) is 0.0874. The Morgan fingerprint density at radius 2 is 0.560 bits per heavy atom. The van der Waals surface area contributed by atoms with Crippen LogP contribution in [0.25, 0.3) is 16.0 Å². The summed E-state index contributed by atoms with van der Waals surface area (Å²) in [7, 11) is 0. The van der Waals surface area contributed by atoms with Crippen molar-refractivity contribution in [2.24, 2.45) is 15.0 Å². The molecule has 23 heteroatoms. The molecule has 0 N–H and O–H groups in total. The third-order valence-corrected chi connectivity index (χ3v) is 4.35. The average molecular weight is 1110 g/mol. The Bertz CT molecular complexity index is 1530. The Labute approximate surface area is 342 Å². The van der Waals surface area contributed by atoms with E-state index in [4.69, 9.17) is 0 Å². The molecule has 0 atom stereocenters. The number of hydrogen-bond acceptors (Lipinski definition) is 15. The molecular weight excluding hydrogens is 1090 g/mol. The van der Waals surface area contributed by atoms with Crippen LogP contribution < -0.4 is 13.3 Å². The van der Waals surface area contributed by atoms with Gasteiger partial charge in [-0.05, 0) is 73.6 Å². The van der Waals surface area contributed by atoms with Crippen molar-refractivity contribution in [2.75, 3.05) is 0 Å². The van der Waals surface area contributed by atoms with E-state index in [1.807, 2.05) is 0 Å². The first-order chi connectivity index (χ1) is 23.8. The largest absolute Gasteiger partial charge is 2.00 e. The molecule has 244 valence electrons. The summed E-state index contributed by atoms with van der Waals surface area (Å²) in [4.78, 5) is 58.5. The second-order valence-corrected chi connectivity index (χ2v) is 23.7. The van der Waals surface area contributed by atoms with Crippen LogP contribution in [0.2, 0.25) is 0 Å². The molecule has 0 radical (unpaired) electrons. The molecule has 50 heavy (non-hydrogen) atoms. The summed E-state index contributed by atoms with van der Waals surface area (Å²) in [6.07, 6.45) is 23.3. The molecule has 0 aliphatic carbocycles. The minimum Gasteiger partial charge on any atom is 2.00 e. The molecule has 0 bridgehead atoms. The molecule has 18 nitrogen and oxygen atoms in total. The third kappa shape index (κ3) is 21.4. The number of rotatable bonds is 9. The van der Waals surface area contributed by atoms with Crippen molar-refractivity contribution in [1.82, 2.24) is 59.8 Å². The van der Waals surface area contributed by atoms with Crippen molar-refractivity contribution in [3.63, 3.8) is 0 Å². The molecular formula is C27H21I3N18Zn2. The molecule has 0 saturated heterocycles. The monoisotopic (exact) mass is 1110 g/mol. The van der Waals surface area contributed by atoms with Crippen molar-refractivity contribution >= 4 is 91.9 Å². The van der Waals surface area contributed by atoms with E-state index in [0.717, 1.165) is 0 Å². The minimum absolute atomic E-state index is 0. The van der Waals surface area contributed by atoms with Crippen LogP contribution in [-0.4, -0.2) is 78.8 Å². The summed E-state index contributed by atoms with van der Waals surface area (Å²) in [5.41, 5.74) is 0. The second-order valence-electron chi connectivity index (χ2n) is 7.47. The van der Waals surface area contributed by atoms with Gasteiger partial charge in [0, 0.05) is 56.2 Å². The molecule has 0 aliphatic heterocycles. The van der Waals surface area contributed by atoms with Gasteiger partial charge < -0.3 is 60.8 Å². The van der Waals surface area contributed by atoms with Gasteiger partial charge in [-0.1, -0.05) is 0 Å². The van der Waals surface area contributed by atoms with Crippen molar-refractivity contribution in [2.45, 2.75) is 0 Å². The molecule has 0 aliphatic rings. The SMILES string of the molecule is C(=N\c1ncccn1)/[N-]c1ncccn1.C(=N\c1ncccn1)/[N-]c1ncccn1.C(=N\c1ncccn1)/[N-]c1ncccn1.I[I-]I.[Zn+2].[Zn+2]. The Kier molecular flexibility index (Phi) is 26.8. The van der Waals surface area contributed by atoms with Gasteiger partial charge in [-0.15, -0.1) is 0 Å². The molecule has 0 fully saturated rings. The number of aliphatic imine (C=N–C) groups is 3. The fourth-order valence-corrected chi connectivity index (χ4v) is 2.54. The predicted molar refractivity (Wildman–Crippen MR) is 194 cm³/mol. The summed E-state index contributed by atoms with van der Waals surface area (Å²) in [6, 6.07) is 10.3. The van der Waals surface area contributed by atoms with Crippen LogP contribution in [0.5, 0.6) is 0 Å². The fourth-order valence-electron chi connectivity index (χ4n) is 2.54. The van der Waals surface area contributed by atoms with Crippen molar-refractivity contribution in [3.05, 3.63) is 127 Å². The van der Waals surface area contributed by atoms with Crippen molar-refractivity contribution in [3.8, 4) is 0 Å². The normalized spacial score (nSPS) is 9.80. The standard InChI is InChI=1S/3C9H7N6.I3.2Zn/c3*1-3-10-8(11-4-1)14-7-15-9-12-5-2-6-13-9;1-3-2;;/h3*1-7H;;;/q4*-1;2*+2. The van der Waals surface area contributed by atoms with Crippen LogP contribution in [0.4, 0.5) is 35.7 Å². The van der Waals surface area contributed by atoms with Crippen LogP contribution in [0.15, 0.2) is 126 Å². The van der Waals surface area contributed by atoms with E-state index < -0.39 is 0 Å². The van der Waals surface area contributed by atoms with Gasteiger partial charge >= 0.3 is 89.4 Å². The first kappa shape index (κ1) is 44.3. The Morgan fingerprint density at radius 1 is 0.380 bits per heavy atom. The van der Waals surface area contributed by atoms with E-state index >= 15 is 0 Å². The van der Waals surface area contributed by atoms with E-state index in [2.05, 4.69) is 128 Å². The van der Waals surface area contributed by atoms with Crippen LogP contribution in [-0.2, 0) is 39.0 Å². The summed E-state index contributed by atoms with van der Waals surface area (Å²) >= 11 is 5.30. The van der Waals surface area contributed by atoms with Gasteiger partial charge in [-0.2, -0.15) is 0 Å². The fraction of sp³-hybridized carbons (Fsp3) is 0. The summed E-state index contributed by atoms with van der Waals surface area (Å²) in [5.74, 6) is 2.15. The predicted octanol–water partition coefficient (Wildman–Crippen LogP) is 3.67. The molecule has 0 saturated carbocycles. The van der Waals surface area contributed by atoms with Crippen LogP contribution in [0.3, 0.4) is 0 Å². The zero-order chi connectivity index (χ0) is 33.7. The average Bonchev–Trinajstić information content (AvgIpc) is 3.15. The first-order valence-corrected chi connectivity index (χ1v) is 25.5. The Morgan fingerprint density at radius 3 is 0.760 bits per heavy atom. The summed E-state index contributed by atoms with van der Waals surface area (Å²) < 4.78 is 0. The third-order valence-electron chi connectivity index (χ3n) is 4.35. The molecule has 0 amide bonds. The zero-order valence-corrected chi connectivity index (χ0v) is 38.1. The maximum atomic E-state index is 3.91. The Balaban J connectivity index is 0.000000353.